The van der Waals surface area contributed by atoms with Crippen molar-refractivity contribution in [3.05, 3.63) is 30.3 Å². The first-order valence-corrected chi connectivity index (χ1v) is 6.38. The van der Waals surface area contributed by atoms with E-state index in [0.717, 1.165) is 11.1 Å². The summed E-state index contributed by atoms with van der Waals surface area (Å²) < 4.78 is 15.6. The molecule has 6 nitrogen and oxygen atoms in total. The average molecular weight is 285 g/mol. The Bertz CT molecular complexity index is 783. The van der Waals surface area contributed by atoms with Crippen LogP contribution < -0.4 is 14.2 Å². The van der Waals surface area contributed by atoms with Crippen LogP contribution in [0.1, 0.15) is 0 Å². The van der Waals surface area contributed by atoms with Crippen LogP contribution in [-0.2, 0) is 0 Å². The number of aromatic amines is 1. The Morgan fingerprint density at radius 1 is 0.857 bits per heavy atom. The lowest BCUT2D eigenvalue weighted by Gasteiger charge is -2.08. The van der Waals surface area contributed by atoms with E-state index in [1.165, 1.54) is 0 Å². The smallest absolute Gasteiger partial charge is 0.215 e. The molecule has 1 aromatic carbocycles. The van der Waals surface area contributed by atoms with Crippen LogP contribution in [0.2, 0.25) is 0 Å². The van der Waals surface area contributed by atoms with Crippen molar-refractivity contribution < 1.29 is 14.2 Å². The molecule has 0 radical (unpaired) electrons. The molecule has 0 saturated heterocycles. The van der Waals surface area contributed by atoms with Crippen molar-refractivity contribution in [3.8, 4) is 28.8 Å². The van der Waals surface area contributed by atoms with Gasteiger partial charge in [-0.1, -0.05) is 0 Å². The Hall–Kier alpha value is -2.76. The van der Waals surface area contributed by atoms with Crippen LogP contribution in [0.15, 0.2) is 30.3 Å². The molecule has 3 rings (SSSR count). The number of hydrogen-bond acceptors (Lipinski definition) is 5. The molecule has 0 aliphatic carbocycles. The molecule has 2 aromatic heterocycles. The maximum Gasteiger partial charge on any atom is 0.215 e. The lowest BCUT2D eigenvalue weighted by Crippen LogP contribution is -1.91. The second-order valence-electron chi connectivity index (χ2n) is 4.38. The topological polar surface area (TPSA) is 69.3 Å². The molecular weight excluding hydrogens is 270 g/mol. The summed E-state index contributed by atoms with van der Waals surface area (Å²) in [5.74, 6) is 2.58. The molecule has 0 atom stereocenters. The zero-order valence-electron chi connectivity index (χ0n) is 12.0. The number of aromatic nitrogens is 3. The van der Waals surface area contributed by atoms with E-state index in [-0.39, 0.29) is 0 Å². The highest BCUT2D eigenvalue weighted by Gasteiger charge is 2.10. The van der Waals surface area contributed by atoms with Gasteiger partial charge >= 0.3 is 0 Å². The third kappa shape index (κ3) is 2.35. The summed E-state index contributed by atoms with van der Waals surface area (Å²) in [6, 6.07) is 9.30. The zero-order valence-corrected chi connectivity index (χ0v) is 12.0. The van der Waals surface area contributed by atoms with E-state index < -0.39 is 0 Å². The Balaban J connectivity index is 2.07. The minimum Gasteiger partial charge on any atom is -0.493 e. The van der Waals surface area contributed by atoms with Gasteiger partial charge < -0.3 is 19.2 Å². The van der Waals surface area contributed by atoms with Crippen molar-refractivity contribution >= 4 is 11.2 Å². The van der Waals surface area contributed by atoms with Gasteiger partial charge in [0, 0.05) is 11.6 Å². The summed E-state index contributed by atoms with van der Waals surface area (Å²) in [5, 5.41) is 0. The van der Waals surface area contributed by atoms with Crippen LogP contribution in [0.4, 0.5) is 0 Å². The number of fused-ring (bicyclic) bond motifs is 1. The van der Waals surface area contributed by atoms with Crippen LogP contribution in [0.3, 0.4) is 0 Å². The highest BCUT2D eigenvalue weighted by atomic mass is 16.5. The molecule has 0 unspecified atom stereocenters. The lowest BCUT2D eigenvalue weighted by molar-refractivity contribution is 0.355. The van der Waals surface area contributed by atoms with Gasteiger partial charge in [-0.2, -0.15) is 4.98 Å². The monoisotopic (exact) mass is 285 g/mol. The third-order valence-corrected chi connectivity index (χ3v) is 3.19. The van der Waals surface area contributed by atoms with E-state index in [9.17, 15) is 0 Å². The largest absolute Gasteiger partial charge is 0.493 e. The second kappa shape index (κ2) is 5.32. The van der Waals surface area contributed by atoms with E-state index in [1.807, 2.05) is 24.3 Å². The number of nitrogens with one attached hydrogen (secondary N) is 1. The molecule has 0 aliphatic rings. The van der Waals surface area contributed by atoms with Crippen molar-refractivity contribution in [2.45, 2.75) is 0 Å². The normalized spacial score (nSPS) is 10.6. The number of pyridine rings is 1. The molecule has 0 saturated carbocycles. The Kier molecular flexibility index (Phi) is 3.35. The maximum absolute atomic E-state index is 5.31. The fourth-order valence-corrected chi connectivity index (χ4v) is 2.11. The fourth-order valence-electron chi connectivity index (χ4n) is 2.11. The van der Waals surface area contributed by atoms with Gasteiger partial charge in [-0.15, -0.1) is 0 Å². The van der Waals surface area contributed by atoms with Crippen molar-refractivity contribution in [1.29, 1.82) is 0 Å². The zero-order chi connectivity index (χ0) is 14.8. The molecule has 1 N–H and O–H groups in total. The van der Waals surface area contributed by atoms with Gasteiger partial charge in [-0.25, -0.2) is 4.98 Å². The molecule has 0 bridgehead atoms. The first-order chi connectivity index (χ1) is 10.2. The van der Waals surface area contributed by atoms with E-state index in [0.29, 0.717) is 28.9 Å². The summed E-state index contributed by atoms with van der Waals surface area (Å²) in [4.78, 5) is 12.0. The molecule has 0 amide bonds. The number of nitrogens with zero attached hydrogens (tertiary/aromatic N) is 2. The minimum atomic E-state index is 0.535. The number of H-pyrrole nitrogens is 1. The molecule has 0 aliphatic heterocycles. The molecule has 108 valence electrons. The predicted octanol–water partition coefficient (Wildman–Crippen LogP) is 2.65. The number of benzene rings is 1. The summed E-state index contributed by atoms with van der Waals surface area (Å²) in [7, 11) is 4.79. The summed E-state index contributed by atoms with van der Waals surface area (Å²) in [5.41, 5.74) is 2.35. The molecule has 0 fully saturated rings. The standard InChI is InChI=1S/C15H15N3O3/c1-19-11-6-4-9(8-12(11)20-2)14-16-10-5-7-13(21-3)17-15(10)18-14/h4-8H,1-3H3,(H,16,17,18). The molecule has 3 aromatic rings. The quantitative estimate of drug-likeness (QED) is 0.798. The van der Waals surface area contributed by atoms with Crippen molar-refractivity contribution in [3.63, 3.8) is 0 Å². The molecular formula is C15H15N3O3. The Morgan fingerprint density at radius 2 is 1.67 bits per heavy atom. The number of imidazole rings is 1. The van der Waals surface area contributed by atoms with E-state index in [1.54, 1.807) is 27.4 Å². The number of ether oxygens (including phenoxy) is 3. The third-order valence-electron chi connectivity index (χ3n) is 3.19. The second-order valence-corrected chi connectivity index (χ2v) is 4.38. The van der Waals surface area contributed by atoms with Crippen LogP contribution in [0.25, 0.3) is 22.6 Å². The van der Waals surface area contributed by atoms with Crippen molar-refractivity contribution in [1.82, 2.24) is 15.0 Å². The first kappa shape index (κ1) is 13.2. The highest BCUT2D eigenvalue weighted by molar-refractivity contribution is 5.77. The maximum atomic E-state index is 5.31. The van der Waals surface area contributed by atoms with Crippen molar-refractivity contribution in [2.75, 3.05) is 21.3 Å². The SMILES string of the molecule is COc1ccc2[nH]c(-c3ccc(OC)c(OC)c3)nc2n1. The number of rotatable bonds is 4. The summed E-state index contributed by atoms with van der Waals surface area (Å²) in [6.45, 7) is 0. The summed E-state index contributed by atoms with van der Waals surface area (Å²) in [6.07, 6.45) is 0. The van der Waals surface area contributed by atoms with Gasteiger partial charge in [0.15, 0.2) is 17.1 Å². The predicted molar refractivity (Wildman–Crippen MR) is 79.0 cm³/mol. The molecule has 21 heavy (non-hydrogen) atoms. The first-order valence-electron chi connectivity index (χ1n) is 6.38. The van der Waals surface area contributed by atoms with Gasteiger partial charge in [0.1, 0.15) is 5.82 Å². The van der Waals surface area contributed by atoms with Crippen LogP contribution in [0.5, 0.6) is 17.4 Å². The average Bonchev–Trinajstić information content (AvgIpc) is 2.96. The van der Waals surface area contributed by atoms with Crippen molar-refractivity contribution in [2.24, 2.45) is 0 Å². The molecule has 2 heterocycles. The van der Waals surface area contributed by atoms with Gasteiger partial charge in [0.25, 0.3) is 0 Å². The minimum absolute atomic E-state index is 0.535. The summed E-state index contributed by atoms with van der Waals surface area (Å²) >= 11 is 0. The Morgan fingerprint density at radius 3 is 2.38 bits per heavy atom. The van der Waals surface area contributed by atoms with Crippen LogP contribution in [0, 0.1) is 0 Å². The van der Waals surface area contributed by atoms with E-state index >= 15 is 0 Å². The molecule has 6 heteroatoms. The van der Waals surface area contributed by atoms with E-state index in [4.69, 9.17) is 14.2 Å². The highest BCUT2D eigenvalue weighted by Crippen LogP contribution is 2.31. The van der Waals surface area contributed by atoms with Crippen LogP contribution >= 0.6 is 0 Å². The van der Waals surface area contributed by atoms with Gasteiger partial charge in [0.2, 0.25) is 5.88 Å². The molecule has 0 spiro atoms. The lowest BCUT2D eigenvalue weighted by atomic mass is 10.2. The van der Waals surface area contributed by atoms with E-state index in [2.05, 4.69) is 15.0 Å². The Labute approximate surface area is 121 Å². The number of hydrogen-bond donors (Lipinski definition) is 1. The number of methoxy groups -OCH3 is 3. The van der Waals surface area contributed by atoms with Gasteiger partial charge in [-0.05, 0) is 24.3 Å². The fraction of sp³-hybridized carbons (Fsp3) is 0.200. The van der Waals surface area contributed by atoms with Gasteiger partial charge in [0.05, 0.1) is 26.8 Å². The van der Waals surface area contributed by atoms with Crippen LogP contribution in [-0.4, -0.2) is 36.3 Å². The van der Waals surface area contributed by atoms with Gasteiger partial charge in [-0.3, -0.25) is 0 Å².